The lowest BCUT2D eigenvalue weighted by atomic mass is 10.1. The zero-order chi connectivity index (χ0) is 14.5. The standard InChI is InChI=1S/C16H16N4S/c1-12(13-5-8-17-9-6-13)19-10-14-11-21-16(20-14)15-4-2-3-7-18-15/h2-9,11-12,19H,10H2,1H3/t12-/m1/s1. The molecule has 1 atom stereocenters. The largest absolute Gasteiger partial charge is 0.305 e. The second kappa shape index (κ2) is 6.56. The lowest BCUT2D eigenvalue weighted by molar-refractivity contribution is 0.569. The number of nitrogens with zero attached hydrogens (tertiary/aromatic N) is 3. The minimum absolute atomic E-state index is 0.271. The average Bonchev–Trinajstić information content (AvgIpc) is 3.03. The summed E-state index contributed by atoms with van der Waals surface area (Å²) in [7, 11) is 0. The van der Waals surface area contributed by atoms with Gasteiger partial charge in [0.15, 0.2) is 0 Å². The molecule has 4 nitrogen and oxygen atoms in total. The Bertz CT molecular complexity index is 682. The fourth-order valence-electron chi connectivity index (χ4n) is 2.02. The van der Waals surface area contributed by atoms with Crippen molar-refractivity contribution in [3.63, 3.8) is 0 Å². The summed E-state index contributed by atoms with van der Waals surface area (Å²) in [5.41, 5.74) is 3.20. The monoisotopic (exact) mass is 296 g/mol. The Kier molecular flexibility index (Phi) is 4.33. The van der Waals surface area contributed by atoms with Crippen LogP contribution in [0.5, 0.6) is 0 Å². The first-order valence-corrected chi connectivity index (χ1v) is 7.70. The van der Waals surface area contributed by atoms with Crippen LogP contribution in [0.3, 0.4) is 0 Å². The molecule has 0 radical (unpaired) electrons. The molecule has 5 heteroatoms. The van der Waals surface area contributed by atoms with E-state index in [0.717, 1.165) is 22.9 Å². The lowest BCUT2D eigenvalue weighted by Gasteiger charge is -2.12. The van der Waals surface area contributed by atoms with E-state index in [2.05, 4.69) is 32.6 Å². The summed E-state index contributed by atoms with van der Waals surface area (Å²) in [6.07, 6.45) is 5.42. The normalized spacial score (nSPS) is 12.2. The summed E-state index contributed by atoms with van der Waals surface area (Å²) in [5.74, 6) is 0. The van der Waals surface area contributed by atoms with Gasteiger partial charge in [0.05, 0.1) is 11.4 Å². The highest BCUT2D eigenvalue weighted by Gasteiger charge is 2.08. The van der Waals surface area contributed by atoms with Crippen LogP contribution in [0.1, 0.15) is 24.2 Å². The van der Waals surface area contributed by atoms with Crippen LogP contribution in [-0.4, -0.2) is 15.0 Å². The molecule has 0 unspecified atom stereocenters. The van der Waals surface area contributed by atoms with Crippen LogP contribution in [-0.2, 0) is 6.54 Å². The van der Waals surface area contributed by atoms with Crippen LogP contribution in [0.4, 0.5) is 0 Å². The first-order valence-electron chi connectivity index (χ1n) is 6.82. The Morgan fingerprint density at radius 1 is 1.14 bits per heavy atom. The van der Waals surface area contributed by atoms with E-state index < -0.39 is 0 Å². The minimum Gasteiger partial charge on any atom is -0.305 e. The van der Waals surface area contributed by atoms with Crippen LogP contribution in [0.2, 0.25) is 0 Å². The van der Waals surface area contributed by atoms with E-state index in [1.807, 2.05) is 42.7 Å². The molecule has 0 aliphatic carbocycles. The molecule has 3 heterocycles. The number of nitrogens with one attached hydrogen (secondary N) is 1. The molecule has 0 aromatic carbocycles. The van der Waals surface area contributed by atoms with Gasteiger partial charge in [0.2, 0.25) is 0 Å². The number of pyridine rings is 2. The summed E-state index contributed by atoms with van der Waals surface area (Å²) >= 11 is 1.63. The number of rotatable bonds is 5. The fraction of sp³-hybridized carbons (Fsp3) is 0.188. The predicted molar refractivity (Wildman–Crippen MR) is 84.8 cm³/mol. The Labute approximate surface area is 127 Å². The summed E-state index contributed by atoms with van der Waals surface area (Å²) in [4.78, 5) is 13.0. The topological polar surface area (TPSA) is 50.7 Å². The van der Waals surface area contributed by atoms with E-state index in [-0.39, 0.29) is 6.04 Å². The van der Waals surface area contributed by atoms with Crippen molar-refractivity contribution >= 4 is 11.3 Å². The van der Waals surface area contributed by atoms with E-state index in [0.29, 0.717) is 0 Å². The van der Waals surface area contributed by atoms with Gasteiger partial charge in [-0.1, -0.05) is 6.07 Å². The first-order chi connectivity index (χ1) is 10.3. The van der Waals surface area contributed by atoms with Crippen molar-refractivity contribution in [3.05, 3.63) is 65.6 Å². The third kappa shape index (κ3) is 3.51. The quantitative estimate of drug-likeness (QED) is 0.783. The van der Waals surface area contributed by atoms with E-state index in [9.17, 15) is 0 Å². The Morgan fingerprint density at radius 3 is 2.76 bits per heavy atom. The van der Waals surface area contributed by atoms with Crippen molar-refractivity contribution in [1.82, 2.24) is 20.3 Å². The first kappa shape index (κ1) is 13.9. The van der Waals surface area contributed by atoms with Gasteiger partial charge >= 0.3 is 0 Å². The molecule has 21 heavy (non-hydrogen) atoms. The maximum absolute atomic E-state index is 4.63. The summed E-state index contributed by atoms with van der Waals surface area (Å²) in [6, 6.07) is 10.2. The molecule has 0 spiro atoms. The van der Waals surface area contributed by atoms with Gasteiger partial charge < -0.3 is 5.32 Å². The van der Waals surface area contributed by atoms with E-state index >= 15 is 0 Å². The summed E-state index contributed by atoms with van der Waals surface area (Å²) in [5, 5.41) is 6.52. The molecule has 0 bridgehead atoms. The van der Waals surface area contributed by atoms with Crippen molar-refractivity contribution in [1.29, 1.82) is 0 Å². The average molecular weight is 296 g/mol. The molecule has 1 N–H and O–H groups in total. The molecule has 0 aliphatic heterocycles. The molecule has 3 aromatic heterocycles. The second-order valence-corrected chi connectivity index (χ2v) is 5.60. The van der Waals surface area contributed by atoms with Crippen LogP contribution >= 0.6 is 11.3 Å². The maximum atomic E-state index is 4.63. The fourth-order valence-corrected chi connectivity index (χ4v) is 2.82. The predicted octanol–water partition coefficient (Wildman–Crippen LogP) is 3.45. The number of thiazole rings is 1. The van der Waals surface area contributed by atoms with Crippen molar-refractivity contribution in [2.45, 2.75) is 19.5 Å². The molecule has 106 valence electrons. The van der Waals surface area contributed by atoms with Gasteiger partial charge in [-0.3, -0.25) is 9.97 Å². The smallest absolute Gasteiger partial charge is 0.142 e. The van der Waals surface area contributed by atoms with Crippen LogP contribution in [0, 0.1) is 0 Å². The minimum atomic E-state index is 0.271. The van der Waals surface area contributed by atoms with Crippen molar-refractivity contribution in [2.24, 2.45) is 0 Å². The van der Waals surface area contributed by atoms with Gasteiger partial charge in [-0.25, -0.2) is 4.98 Å². The number of hydrogen-bond acceptors (Lipinski definition) is 5. The molecule has 3 rings (SSSR count). The van der Waals surface area contributed by atoms with Crippen LogP contribution < -0.4 is 5.32 Å². The van der Waals surface area contributed by atoms with Crippen LogP contribution in [0.25, 0.3) is 10.7 Å². The molecule has 3 aromatic rings. The van der Waals surface area contributed by atoms with Gasteiger partial charge in [-0.15, -0.1) is 11.3 Å². The molecule has 0 fully saturated rings. The van der Waals surface area contributed by atoms with Gasteiger partial charge in [0, 0.05) is 36.6 Å². The van der Waals surface area contributed by atoms with Gasteiger partial charge in [-0.05, 0) is 36.8 Å². The third-order valence-corrected chi connectivity index (χ3v) is 4.14. The molecular weight excluding hydrogens is 280 g/mol. The van der Waals surface area contributed by atoms with Crippen molar-refractivity contribution in [2.75, 3.05) is 0 Å². The van der Waals surface area contributed by atoms with E-state index in [4.69, 9.17) is 0 Å². The lowest BCUT2D eigenvalue weighted by Crippen LogP contribution is -2.18. The highest BCUT2D eigenvalue weighted by atomic mass is 32.1. The van der Waals surface area contributed by atoms with Gasteiger partial charge in [0.25, 0.3) is 0 Å². The van der Waals surface area contributed by atoms with Crippen molar-refractivity contribution < 1.29 is 0 Å². The molecule has 0 amide bonds. The highest BCUT2D eigenvalue weighted by molar-refractivity contribution is 7.13. The molecular formula is C16H16N4S. The highest BCUT2D eigenvalue weighted by Crippen LogP contribution is 2.21. The SMILES string of the molecule is C[C@@H](NCc1csc(-c2ccccn2)n1)c1ccncc1. The number of hydrogen-bond donors (Lipinski definition) is 1. The Morgan fingerprint density at radius 2 is 2.00 bits per heavy atom. The zero-order valence-corrected chi connectivity index (χ0v) is 12.5. The second-order valence-electron chi connectivity index (χ2n) is 4.74. The molecule has 0 saturated carbocycles. The van der Waals surface area contributed by atoms with E-state index in [1.165, 1.54) is 5.56 Å². The van der Waals surface area contributed by atoms with E-state index in [1.54, 1.807) is 17.5 Å². The molecule has 0 saturated heterocycles. The summed E-state index contributed by atoms with van der Waals surface area (Å²) in [6.45, 7) is 2.88. The number of aromatic nitrogens is 3. The Balaban J connectivity index is 1.63. The third-order valence-electron chi connectivity index (χ3n) is 3.23. The summed E-state index contributed by atoms with van der Waals surface area (Å²) < 4.78 is 0. The van der Waals surface area contributed by atoms with Crippen LogP contribution in [0.15, 0.2) is 54.3 Å². The zero-order valence-electron chi connectivity index (χ0n) is 11.7. The Hall–Kier alpha value is -2.11. The van der Waals surface area contributed by atoms with Gasteiger partial charge in [0.1, 0.15) is 5.01 Å². The van der Waals surface area contributed by atoms with Gasteiger partial charge in [-0.2, -0.15) is 0 Å². The molecule has 0 aliphatic rings. The van der Waals surface area contributed by atoms with Crippen molar-refractivity contribution in [3.8, 4) is 10.7 Å². The maximum Gasteiger partial charge on any atom is 0.142 e.